The van der Waals surface area contributed by atoms with Crippen molar-refractivity contribution in [3.05, 3.63) is 0 Å². The first-order chi connectivity index (χ1) is 7.22. The summed E-state index contributed by atoms with van der Waals surface area (Å²) in [5.74, 6) is 0.0795. The number of hydrogen-bond acceptors (Lipinski definition) is 3. The number of likely N-dealkylation sites (tertiary alicyclic amines) is 1. The van der Waals surface area contributed by atoms with Crippen molar-refractivity contribution < 1.29 is 14.6 Å². The fourth-order valence-electron chi connectivity index (χ4n) is 2.48. The maximum absolute atomic E-state index is 12.1. The second kappa shape index (κ2) is 4.49. The van der Waals surface area contributed by atoms with Crippen LogP contribution in [0.2, 0.25) is 0 Å². The predicted molar refractivity (Wildman–Crippen MR) is 55.4 cm³/mol. The van der Waals surface area contributed by atoms with Gasteiger partial charge in [-0.05, 0) is 32.6 Å². The Balaban J connectivity index is 1.95. The SMILES string of the molecule is CC1CCC(C(=O)N2CCCC2CO)O1. The molecule has 4 heteroatoms. The molecule has 0 radical (unpaired) electrons. The topological polar surface area (TPSA) is 49.8 Å². The van der Waals surface area contributed by atoms with Gasteiger partial charge in [-0.25, -0.2) is 0 Å². The lowest BCUT2D eigenvalue weighted by Crippen LogP contribution is -2.43. The molecule has 3 atom stereocenters. The Labute approximate surface area is 90.2 Å². The summed E-state index contributed by atoms with van der Waals surface area (Å²) in [6, 6.07) is 0.0250. The first-order valence-electron chi connectivity index (χ1n) is 5.79. The summed E-state index contributed by atoms with van der Waals surface area (Å²) in [6.45, 7) is 2.85. The van der Waals surface area contributed by atoms with Crippen molar-refractivity contribution in [3.63, 3.8) is 0 Å². The van der Waals surface area contributed by atoms with Crippen molar-refractivity contribution in [2.24, 2.45) is 0 Å². The van der Waals surface area contributed by atoms with Crippen molar-refractivity contribution in [2.75, 3.05) is 13.2 Å². The van der Waals surface area contributed by atoms with Crippen LogP contribution in [0.3, 0.4) is 0 Å². The van der Waals surface area contributed by atoms with Crippen LogP contribution in [0.4, 0.5) is 0 Å². The smallest absolute Gasteiger partial charge is 0.252 e. The second-order valence-corrected chi connectivity index (χ2v) is 4.52. The zero-order chi connectivity index (χ0) is 10.8. The van der Waals surface area contributed by atoms with E-state index in [-0.39, 0.29) is 30.8 Å². The van der Waals surface area contributed by atoms with Gasteiger partial charge in [0.2, 0.25) is 0 Å². The molecule has 1 N–H and O–H groups in total. The minimum atomic E-state index is -0.257. The van der Waals surface area contributed by atoms with Gasteiger partial charge in [0.15, 0.2) is 0 Å². The number of amides is 1. The van der Waals surface area contributed by atoms with E-state index in [1.165, 1.54) is 0 Å². The van der Waals surface area contributed by atoms with Crippen LogP contribution < -0.4 is 0 Å². The fourth-order valence-corrected chi connectivity index (χ4v) is 2.48. The van der Waals surface area contributed by atoms with Crippen LogP contribution >= 0.6 is 0 Å². The van der Waals surface area contributed by atoms with E-state index in [2.05, 4.69) is 0 Å². The largest absolute Gasteiger partial charge is 0.394 e. The summed E-state index contributed by atoms with van der Waals surface area (Å²) in [4.78, 5) is 13.8. The molecule has 0 bridgehead atoms. The summed E-state index contributed by atoms with van der Waals surface area (Å²) >= 11 is 0. The third kappa shape index (κ3) is 2.16. The summed E-state index contributed by atoms with van der Waals surface area (Å²) in [7, 11) is 0. The van der Waals surface area contributed by atoms with Crippen molar-refractivity contribution in [1.82, 2.24) is 4.90 Å². The van der Waals surface area contributed by atoms with Gasteiger partial charge in [-0.3, -0.25) is 4.79 Å². The number of rotatable bonds is 2. The summed E-state index contributed by atoms with van der Waals surface area (Å²) in [5, 5.41) is 9.15. The van der Waals surface area contributed by atoms with Crippen LogP contribution in [-0.2, 0) is 9.53 Å². The number of hydrogen-bond donors (Lipinski definition) is 1. The Bertz CT molecular complexity index is 244. The average molecular weight is 213 g/mol. The van der Waals surface area contributed by atoms with Crippen molar-refractivity contribution >= 4 is 5.91 Å². The van der Waals surface area contributed by atoms with Gasteiger partial charge in [0, 0.05) is 6.54 Å². The molecule has 86 valence electrons. The Morgan fingerprint density at radius 3 is 2.87 bits per heavy atom. The molecule has 0 aromatic rings. The van der Waals surface area contributed by atoms with Gasteiger partial charge in [0.05, 0.1) is 18.8 Å². The van der Waals surface area contributed by atoms with Crippen molar-refractivity contribution in [3.8, 4) is 0 Å². The zero-order valence-corrected chi connectivity index (χ0v) is 9.19. The first kappa shape index (κ1) is 10.9. The van der Waals surface area contributed by atoms with E-state index in [9.17, 15) is 4.79 Å². The van der Waals surface area contributed by atoms with Crippen LogP contribution in [0.1, 0.15) is 32.6 Å². The molecule has 2 aliphatic heterocycles. The van der Waals surface area contributed by atoms with Crippen molar-refractivity contribution in [2.45, 2.75) is 50.9 Å². The molecule has 2 aliphatic rings. The predicted octanol–water partition coefficient (Wildman–Crippen LogP) is 0.537. The number of aliphatic hydroxyl groups is 1. The summed E-state index contributed by atoms with van der Waals surface area (Å²) in [6.07, 6.45) is 3.66. The summed E-state index contributed by atoms with van der Waals surface area (Å²) in [5.41, 5.74) is 0. The third-order valence-corrected chi connectivity index (χ3v) is 3.38. The number of nitrogens with zero attached hydrogens (tertiary/aromatic N) is 1. The molecule has 2 heterocycles. The monoisotopic (exact) mass is 213 g/mol. The normalized spacial score (nSPS) is 36.1. The Morgan fingerprint density at radius 2 is 2.27 bits per heavy atom. The lowest BCUT2D eigenvalue weighted by atomic mass is 10.1. The highest BCUT2D eigenvalue weighted by atomic mass is 16.5. The van der Waals surface area contributed by atoms with Gasteiger partial charge < -0.3 is 14.7 Å². The van der Waals surface area contributed by atoms with Crippen LogP contribution in [0.15, 0.2) is 0 Å². The van der Waals surface area contributed by atoms with E-state index in [4.69, 9.17) is 9.84 Å². The van der Waals surface area contributed by atoms with Gasteiger partial charge in [-0.2, -0.15) is 0 Å². The fraction of sp³-hybridized carbons (Fsp3) is 0.909. The molecule has 4 nitrogen and oxygen atoms in total. The van der Waals surface area contributed by atoms with Crippen LogP contribution in [-0.4, -0.2) is 47.3 Å². The Hall–Kier alpha value is -0.610. The molecule has 2 rings (SSSR count). The van der Waals surface area contributed by atoms with Gasteiger partial charge in [0.1, 0.15) is 6.10 Å². The molecule has 3 unspecified atom stereocenters. The minimum absolute atomic E-state index is 0.0250. The Kier molecular flexibility index (Phi) is 3.26. The molecular weight excluding hydrogens is 194 g/mol. The molecule has 15 heavy (non-hydrogen) atoms. The zero-order valence-electron chi connectivity index (χ0n) is 9.19. The molecule has 0 aliphatic carbocycles. The average Bonchev–Trinajstić information content (AvgIpc) is 2.84. The number of carbonyl (C=O) groups excluding carboxylic acids is 1. The van der Waals surface area contributed by atoms with Crippen molar-refractivity contribution in [1.29, 1.82) is 0 Å². The number of ether oxygens (including phenoxy) is 1. The quantitative estimate of drug-likeness (QED) is 0.728. The highest BCUT2D eigenvalue weighted by molar-refractivity contribution is 5.81. The Morgan fingerprint density at radius 1 is 1.47 bits per heavy atom. The maximum atomic E-state index is 12.1. The molecule has 2 fully saturated rings. The van der Waals surface area contributed by atoms with Gasteiger partial charge in [0.25, 0.3) is 5.91 Å². The van der Waals surface area contributed by atoms with E-state index >= 15 is 0 Å². The lowest BCUT2D eigenvalue weighted by Gasteiger charge is -2.25. The lowest BCUT2D eigenvalue weighted by molar-refractivity contribution is -0.144. The van der Waals surface area contributed by atoms with Crippen LogP contribution in [0.25, 0.3) is 0 Å². The van der Waals surface area contributed by atoms with E-state index < -0.39 is 0 Å². The maximum Gasteiger partial charge on any atom is 0.252 e. The molecule has 1 amide bonds. The molecule has 0 spiro atoms. The number of aliphatic hydroxyl groups excluding tert-OH is 1. The van der Waals surface area contributed by atoms with Crippen LogP contribution in [0, 0.1) is 0 Å². The summed E-state index contributed by atoms with van der Waals surface area (Å²) < 4.78 is 5.56. The molecule has 0 saturated carbocycles. The van der Waals surface area contributed by atoms with E-state index in [1.54, 1.807) is 4.90 Å². The first-order valence-corrected chi connectivity index (χ1v) is 5.79. The van der Waals surface area contributed by atoms with E-state index in [0.29, 0.717) is 0 Å². The minimum Gasteiger partial charge on any atom is -0.394 e. The molecule has 2 saturated heterocycles. The standard InChI is InChI=1S/C11H19NO3/c1-8-4-5-10(15-8)11(14)12-6-2-3-9(12)7-13/h8-10,13H,2-7H2,1H3. The molecular formula is C11H19NO3. The van der Waals surface area contributed by atoms with E-state index in [0.717, 1.165) is 32.2 Å². The molecule has 0 aromatic carbocycles. The van der Waals surface area contributed by atoms with E-state index in [1.807, 2.05) is 6.92 Å². The molecule has 0 aromatic heterocycles. The number of carbonyl (C=O) groups is 1. The highest BCUT2D eigenvalue weighted by Gasteiger charge is 2.36. The van der Waals surface area contributed by atoms with Gasteiger partial charge in [-0.15, -0.1) is 0 Å². The van der Waals surface area contributed by atoms with Gasteiger partial charge in [-0.1, -0.05) is 0 Å². The van der Waals surface area contributed by atoms with Gasteiger partial charge >= 0.3 is 0 Å². The van der Waals surface area contributed by atoms with Crippen LogP contribution in [0.5, 0.6) is 0 Å². The third-order valence-electron chi connectivity index (χ3n) is 3.38. The second-order valence-electron chi connectivity index (χ2n) is 4.52. The highest BCUT2D eigenvalue weighted by Crippen LogP contribution is 2.25.